The van der Waals surface area contributed by atoms with Crippen molar-refractivity contribution >= 4 is 11.6 Å². The molecule has 5 rings (SSSR count). The van der Waals surface area contributed by atoms with Gasteiger partial charge in [0.15, 0.2) is 0 Å². The fourth-order valence-corrected chi connectivity index (χ4v) is 5.05. The van der Waals surface area contributed by atoms with Crippen LogP contribution < -0.4 is 10.5 Å². The quantitative estimate of drug-likeness (QED) is 0.630. The molecule has 0 spiro atoms. The number of anilines is 1. The SMILES string of the molecule is CN(C)c1ccc(-c2ccc3n(c2=O)C[C@H]2C[C@@H]3CN(C(=O)c3ccc(F)cc3)C2)cc1. The summed E-state index contributed by atoms with van der Waals surface area (Å²) in [5.41, 5.74) is 4.25. The van der Waals surface area contributed by atoms with Crippen LogP contribution in [0.15, 0.2) is 65.5 Å². The number of aromatic nitrogens is 1. The van der Waals surface area contributed by atoms with E-state index in [1.165, 1.54) is 24.3 Å². The highest BCUT2D eigenvalue weighted by Gasteiger charge is 2.37. The maximum absolute atomic E-state index is 13.4. The van der Waals surface area contributed by atoms with Gasteiger partial charge in [-0.3, -0.25) is 9.59 Å². The van der Waals surface area contributed by atoms with Crippen molar-refractivity contribution in [1.82, 2.24) is 9.47 Å². The number of nitrogens with zero attached hydrogens (tertiary/aromatic N) is 3. The van der Waals surface area contributed by atoms with Crippen LogP contribution in [-0.4, -0.2) is 42.6 Å². The van der Waals surface area contributed by atoms with Crippen LogP contribution in [0.25, 0.3) is 11.1 Å². The Morgan fingerprint density at radius 3 is 2.34 bits per heavy atom. The normalized spacial score (nSPS) is 19.4. The average Bonchev–Trinajstić information content (AvgIpc) is 2.80. The number of piperidine rings is 1. The van der Waals surface area contributed by atoms with E-state index >= 15 is 0 Å². The number of rotatable bonds is 3. The van der Waals surface area contributed by atoms with Crippen LogP contribution in [0.3, 0.4) is 0 Å². The molecule has 164 valence electrons. The van der Waals surface area contributed by atoms with Crippen molar-refractivity contribution in [2.45, 2.75) is 18.9 Å². The van der Waals surface area contributed by atoms with E-state index in [0.717, 1.165) is 23.4 Å². The van der Waals surface area contributed by atoms with Crippen molar-refractivity contribution < 1.29 is 9.18 Å². The van der Waals surface area contributed by atoms with Gasteiger partial charge in [-0.2, -0.15) is 0 Å². The van der Waals surface area contributed by atoms with Gasteiger partial charge >= 0.3 is 0 Å². The van der Waals surface area contributed by atoms with Crippen molar-refractivity contribution in [2.24, 2.45) is 5.92 Å². The average molecular weight is 432 g/mol. The summed E-state index contributed by atoms with van der Waals surface area (Å²) in [5, 5.41) is 0. The van der Waals surface area contributed by atoms with Gasteiger partial charge in [-0.05, 0) is 66.4 Å². The topological polar surface area (TPSA) is 45.6 Å². The number of halogens is 1. The summed E-state index contributed by atoms with van der Waals surface area (Å²) in [7, 11) is 3.98. The summed E-state index contributed by atoms with van der Waals surface area (Å²) >= 11 is 0. The van der Waals surface area contributed by atoms with Crippen LogP contribution in [0.5, 0.6) is 0 Å². The number of carbonyl (C=O) groups excluding carboxylic acids is 1. The number of amides is 1. The van der Waals surface area contributed by atoms with Crippen molar-refractivity contribution in [3.63, 3.8) is 0 Å². The highest BCUT2D eigenvalue weighted by Crippen LogP contribution is 2.36. The van der Waals surface area contributed by atoms with Gasteiger partial charge in [0.2, 0.25) is 0 Å². The summed E-state index contributed by atoms with van der Waals surface area (Å²) in [4.78, 5) is 30.2. The molecule has 2 atom stereocenters. The maximum atomic E-state index is 13.4. The lowest BCUT2D eigenvalue weighted by atomic mass is 9.82. The van der Waals surface area contributed by atoms with Crippen molar-refractivity contribution in [1.29, 1.82) is 0 Å². The number of fused-ring (bicyclic) bond motifs is 4. The number of hydrogen-bond acceptors (Lipinski definition) is 3. The third-order valence-corrected chi connectivity index (χ3v) is 6.68. The number of pyridine rings is 1. The molecule has 6 heteroatoms. The Bertz CT molecular complexity index is 1220. The number of hydrogen-bond donors (Lipinski definition) is 0. The van der Waals surface area contributed by atoms with Crippen LogP contribution in [0.4, 0.5) is 10.1 Å². The molecule has 3 aromatic rings. The van der Waals surface area contributed by atoms with Gasteiger partial charge in [0.25, 0.3) is 11.5 Å². The van der Waals surface area contributed by atoms with E-state index in [0.29, 0.717) is 30.8 Å². The van der Waals surface area contributed by atoms with Crippen molar-refractivity contribution in [2.75, 3.05) is 32.1 Å². The Kier molecular flexibility index (Phi) is 5.08. The van der Waals surface area contributed by atoms with Crippen molar-refractivity contribution in [3.8, 4) is 11.1 Å². The van der Waals surface area contributed by atoms with Crippen LogP contribution in [-0.2, 0) is 6.54 Å². The summed E-state index contributed by atoms with van der Waals surface area (Å²) in [6.07, 6.45) is 0.976. The van der Waals surface area contributed by atoms with E-state index in [4.69, 9.17) is 0 Å². The first-order chi connectivity index (χ1) is 15.4. The van der Waals surface area contributed by atoms with Crippen LogP contribution in [0, 0.1) is 11.7 Å². The third-order valence-electron chi connectivity index (χ3n) is 6.68. The Labute approximate surface area is 186 Å². The molecular formula is C26H26FN3O2. The minimum absolute atomic E-state index is 0.0353. The molecular weight excluding hydrogens is 405 g/mol. The van der Waals surface area contributed by atoms with Crippen molar-refractivity contribution in [3.05, 3.63) is 88.1 Å². The first kappa shape index (κ1) is 20.5. The zero-order valence-electron chi connectivity index (χ0n) is 18.3. The monoisotopic (exact) mass is 431 g/mol. The molecule has 32 heavy (non-hydrogen) atoms. The lowest BCUT2D eigenvalue weighted by Gasteiger charge is -2.43. The Morgan fingerprint density at radius 1 is 0.938 bits per heavy atom. The number of likely N-dealkylation sites (tertiary alicyclic amines) is 1. The summed E-state index contributed by atoms with van der Waals surface area (Å²) in [5.74, 6) is -0.0647. The Hall–Kier alpha value is -3.41. The molecule has 0 radical (unpaired) electrons. The zero-order valence-corrected chi connectivity index (χ0v) is 18.3. The molecule has 3 heterocycles. The summed E-state index contributed by atoms with van der Waals surface area (Å²) in [6, 6.07) is 17.7. The molecule has 1 amide bonds. The minimum atomic E-state index is -0.350. The van der Waals surface area contributed by atoms with Crippen LogP contribution in [0.1, 0.15) is 28.4 Å². The lowest BCUT2D eigenvalue weighted by Crippen LogP contribution is -2.49. The zero-order chi connectivity index (χ0) is 22.4. The molecule has 1 saturated heterocycles. The largest absolute Gasteiger partial charge is 0.378 e. The molecule has 1 aromatic heterocycles. The second-order valence-electron chi connectivity index (χ2n) is 9.04. The molecule has 2 aromatic carbocycles. The molecule has 0 unspecified atom stereocenters. The smallest absolute Gasteiger partial charge is 0.258 e. The summed E-state index contributed by atoms with van der Waals surface area (Å²) < 4.78 is 15.1. The molecule has 0 saturated carbocycles. The molecule has 5 nitrogen and oxygen atoms in total. The molecule has 0 N–H and O–H groups in total. The Morgan fingerprint density at radius 2 is 1.66 bits per heavy atom. The van der Waals surface area contributed by atoms with Gasteiger partial charge in [-0.1, -0.05) is 12.1 Å². The first-order valence-electron chi connectivity index (χ1n) is 11.0. The molecule has 0 aliphatic carbocycles. The van der Waals surface area contributed by atoms with Gasteiger partial charge in [0.1, 0.15) is 5.82 Å². The van der Waals surface area contributed by atoms with E-state index in [9.17, 15) is 14.0 Å². The second kappa shape index (κ2) is 7.93. The molecule has 2 aliphatic rings. The standard InChI is InChI=1S/C26H26FN3O2/c1-28(2)22-9-5-18(6-10-22)23-11-12-24-20-13-17(15-30(24)26(23)32)14-29(16-20)25(31)19-3-7-21(27)8-4-19/h3-12,17,20H,13-16H2,1-2H3/t17-,20+/m0/s1. The third kappa shape index (κ3) is 3.60. The van der Waals surface area contributed by atoms with E-state index in [-0.39, 0.29) is 29.1 Å². The van der Waals surface area contributed by atoms with E-state index in [2.05, 4.69) is 0 Å². The van der Waals surface area contributed by atoms with E-state index < -0.39 is 0 Å². The molecule has 2 aliphatic heterocycles. The number of carbonyl (C=O) groups is 1. The molecule has 2 bridgehead atoms. The van der Waals surface area contributed by atoms with Gasteiger partial charge in [0, 0.05) is 62.2 Å². The Balaban J connectivity index is 1.42. The highest BCUT2D eigenvalue weighted by molar-refractivity contribution is 5.94. The predicted octanol–water partition coefficient (Wildman–Crippen LogP) is 3.98. The fraction of sp³-hybridized carbons (Fsp3) is 0.308. The van der Waals surface area contributed by atoms with E-state index in [1.54, 1.807) is 0 Å². The highest BCUT2D eigenvalue weighted by atomic mass is 19.1. The lowest BCUT2D eigenvalue weighted by molar-refractivity contribution is 0.0594. The first-order valence-corrected chi connectivity index (χ1v) is 11.0. The summed E-state index contributed by atoms with van der Waals surface area (Å²) in [6.45, 7) is 1.80. The predicted molar refractivity (Wildman–Crippen MR) is 124 cm³/mol. The van der Waals surface area contributed by atoms with Gasteiger partial charge in [-0.25, -0.2) is 4.39 Å². The van der Waals surface area contributed by atoms with Crippen LogP contribution in [0.2, 0.25) is 0 Å². The fourth-order valence-electron chi connectivity index (χ4n) is 5.05. The van der Waals surface area contributed by atoms with Gasteiger partial charge in [0.05, 0.1) is 0 Å². The number of benzene rings is 2. The van der Waals surface area contributed by atoms with E-state index in [1.807, 2.05) is 64.9 Å². The maximum Gasteiger partial charge on any atom is 0.258 e. The van der Waals surface area contributed by atoms with Gasteiger partial charge in [-0.15, -0.1) is 0 Å². The minimum Gasteiger partial charge on any atom is -0.378 e. The van der Waals surface area contributed by atoms with Gasteiger partial charge < -0.3 is 14.4 Å². The van der Waals surface area contributed by atoms with Crippen LogP contribution >= 0.6 is 0 Å². The molecule has 1 fully saturated rings. The second-order valence-corrected chi connectivity index (χ2v) is 9.04.